The third-order valence-corrected chi connectivity index (χ3v) is 3.90. The Morgan fingerprint density at radius 1 is 0.905 bits per heavy atom. The number of aliphatic imine (C=N–C) groups is 1. The van der Waals surface area contributed by atoms with Crippen LogP contribution in [0.25, 0.3) is 0 Å². The number of hydrogen-bond acceptors (Lipinski definition) is 2. The Morgan fingerprint density at radius 3 is 2.24 bits per heavy atom. The smallest absolute Gasteiger partial charge is 0.188 e. The molecule has 4 heteroatoms. The molecule has 0 saturated heterocycles. The van der Waals surface area contributed by atoms with Crippen LogP contribution in [-0.2, 0) is 0 Å². The normalized spacial score (nSPS) is 12.1. The SMILES string of the molecule is CCCCCCCCN=C(N)NCCCCN(CC)CC. The standard InChI is InChI=1S/C17H38N4/c1-4-7-8-9-10-11-14-19-17(18)20-15-12-13-16-21(5-2)6-3/h4-16H2,1-3H3,(H3,18,19,20). The van der Waals surface area contributed by atoms with E-state index in [4.69, 9.17) is 5.73 Å². The molecule has 0 saturated carbocycles. The van der Waals surface area contributed by atoms with Crippen LogP contribution < -0.4 is 11.1 Å². The molecule has 0 atom stereocenters. The lowest BCUT2D eigenvalue weighted by atomic mass is 10.1. The van der Waals surface area contributed by atoms with Crippen LogP contribution in [-0.4, -0.2) is 43.6 Å². The Bertz CT molecular complexity index is 237. The second kappa shape index (κ2) is 15.6. The molecule has 0 unspecified atom stereocenters. The number of nitrogens with one attached hydrogen (secondary N) is 1. The predicted octanol–water partition coefficient (Wildman–Crippen LogP) is 3.37. The first kappa shape index (κ1) is 20.2. The lowest BCUT2D eigenvalue weighted by Crippen LogP contribution is -2.33. The highest BCUT2D eigenvalue weighted by Crippen LogP contribution is 2.04. The van der Waals surface area contributed by atoms with Gasteiger partial charge in [-0.2, -0.15) is 0 Å². The fraction of sp³-hybridized carbons (Fsp3) is 0.941. The zero-order chi connectivity index (χ0) is 15.8. The molecular weight excluding hydrogens is 260 g/mol. The summed E-state index contributed by atoms with van der Waals surface area (Å²) in [5, 5.41) is 3.21. The third-order valence-electron chi connectivity index (χ3n) is 3.90. The minimum absolute atomic E-state index is 0.617. The summed E-state index contributed by atoms with van der Waals surface area (Å²) in [5.74, 6) is 0.617. The van der Waals surface area contributed by atoms with Gasteiger partial charge in [0.2, 0.25) is 0 Å². The van der Waals surface area contributed by atoms with E-state index in [9.17, 15) is 0 Å². The van der Waals surface area contributed by atoms with E-state index in [1.807, 2.05) is 0 Å². The average Bonchev–Trinajstić information content (AvgIpc) is 2.50. The summed E-state index contributed by atoms with van der Waals surface area (Å²) in [5.41, 5.74) is 5.86. The molecule has 0 aliphatic heterocycles. The van der Waals surface area contributed by atoms with Crippen LogP contribution in [0.5, 0.6) is 0 Å². The zero-order valence-corrected chi connectivity index (χ0v) is 14.7. The molecule has 0 aromatic rings. The first-order valence-electron chi connectivity index (χ1n) is 9.00. The maximum atomic E-state index is 5.86. The highest BCUT2D eigenvalue weighted by Gasteiger charge is 1.98. The van der Waals surface area contributed by atoms with E-state index in [1.54, 1.807) is 0 Å². The summed E-state index contributed by atoms with van der Waals surface area (Å²) in [6, 6.07) is 0. The van der Waals surface area contributed by atoms with Gasteiger partial charge in [0.1, 0.15) is 0 Å². The zero-order valence-electron chi connectivity index (χ0n) is 14.7. The molecule has 0 aromatic carbocycles. The van der Waals surface area contributed by atoms with E-state index in [0.29, 0.717) is 5.96 Å². The fourth-order valence-electron chi connectivity index (χ4n) is 2.36. The van der Waals surface area contributed by atoms with E-state index in [2.05, 4.69) is 36.0 Å². The summed E-state index contributed by atoms with van der Waals surface area (Å²) < 4.78 is 0. The molecule has 0 fully saturated rings. The molecule has 4 nitrogen and oxygen atoms in total. The maximum absolute atomic E-state index is 5.86. The van der Waals surface area contributed by atoms with E-state index < -0.39 is 0 Å². The van der Waals surface area contributed by atoms with Gasteiger partial charge in [-0.3, -0.25) is 4.99 Å². The summed E-state index contributed by atoms with van der Waals surface area (Å²) >= 11 is 0. The first-order valence-corrected chi connectivity index (χ1v) is 9.00. The largest absolute Gasteiger partial charge is 0.370 e. The maximum Gasteiger partial charge on any atom is 0.188 e. The molecule has 0 heterocycles. The van der Waals surface area contributed by atoms with Gasteiger partial charge < -0.3 is 16.0 Å². The topological polar surface area (TPSA) is 53.6 Å². The highest BCUT2D eigenvalue weighted by molar-refractivity contribution is 5.77. The van der Waals surface area contributed by atoms with Crippen molar-refractivity contribution in [1.82, 2.24) is 10.2 Å². The Morgan fingerprint density at radius 2 is 1.57 bits per heavy atom. The minimum atomic E-state index is 0.617. The van der Waals surface area contributed by atoms with Crippen LogP contribution >= 0.6 is 0 Å². The number of nitrogens with zero attached hydrogens (tertiary/aromatic N) is 2. The van der Waals surface area contributed by atoms with Gasteiger partial charge in [0.05, 0.1) is 0 Å². The number of guanidine groups is 1. The molecule has 21 heavy (non-hydrogen) atoms. The molecule has 3 N–H and O–H groups in total. The quantitative estimate of drug-likeness (QED) is 0.294. The number of nitrogens with two attached hydrogens (primary N) is 1. The molecular formula is C17H38N4. The van der Waals surface area contributed by atoms with Crippen LogP contribution in [0.4, 0.5) is 0 Å². The van der Waals surface area contributed by atoms with Crippen molar-refractivity contribution in [2.45, 2.75) is 72.1 Å². The van der Waals surface area contributed by atoms with Crippen molar-refractivity contribution >= 4 is 5.96 Å². The summed E-state index contributed by atoms with van der Waals surface area (Å²) in [6.45, 7) is 12.0. The van der Waals surface area contributed by atoms with Crippen LogP contribution in [0, 0.1) is 0 Å². The van der Waals surface area contributed by atoms with Crippen molar-refractivity contribution in [3.8, 4) is 0 Å². The number of rotatable bonds is 14. The Labute approximate surface area is 132 Å². The van der Waals surface area contributed by atoms with Crippen molar-refractivity contribution in [1.29, 1.82) is 0 Å². The van der Waals surface area contributed by atoms with Crippen LogP contribution in [0.1, 0.15) is 72.1 Å². The second-order valence-corrected chi connectivity index (χ2v) is 5.70. The summed E-state index contributed by atoms with van der Waals surface area (Å²) in [4.78, 5) is 6.83. The predicted molar refractivity (Wildman–Crippen MR) is 94.9 cm³/mol. The van der Waals surface area contributed by atoms with Crippen LogP contribution in [0.15, 0.2) is 4.99 Å². The first-order chi connectivity index (χ1) is 10.2. The fourth-order valence-corrected chi connectivity index (χ4v) is 2.36. The molecule has 0 rings (SSSR count). The number of hydrogen-bond donors (Lipinski definition) is 2. The molecule has 0 spiro atoms. The van der Waals surface area contributed by atoms with E-state index in [1.165, 1.54) is 45.1 Å². The molecule has 0 aromatic heterocycles. The van der Waals surface area contributed by atoms with Gasteiger partial charge in [-0.15, -0.1) is 0 Å². The molecule has 0 aliphatic rings. The van der Waals surface area contributed by atoms with Gasteiger partial charge in [-0.1, -0.05) is 52.9 Å². The summed E-state index contributed by atoms with van der Waals surface area (Å²) in [6.07, 6.45) is 10.2. The molecule has 0 radical (unpaired) electrons. The van der Waals surface area contributed by atoms with Gasteiger partial charge >= 0.3 is 0 Å². The van der Waals surface area contributed by atoms with E-state index in [0.717, 1.165) is 39.0 Å². The number of unbranched alkanes of at least 4 members (excludes halogenated alkanes) is 6. The summed E-state index contributed by atoms with van der Waals surface area (Å²) in [7, 11) is 0. The van der Waals surface area contributed by atoms with Crippen molar-refractivity contribution < 1.29 is 0 Å². The van der Waals surface area contributed by atoms with Gasteiger partial charge in [0.15, 0.2) is 5.96 Å². The molecule has 0 aliphatic carbocycles. The van der Waals surface area contributed by atoms with E-state index in [-0.39, 0.29) is 0 Å². The Balaban J connectivity index is 3.39. The lowest BCUT2D eigenvalue weighted by Gasteiger charge is -2.17. The minimum Gasteiger partial charge on any atom is -0.370 e. The van der Waals surface area contributed by atoms with Gasteiger partial charge in [-0.25, -0.2) is 0 Å². The van der Waals surface area contributed by atoms with Gasteiger partial charge in [-0.05, 0) is 38.9 Å². The van der Waals surface area contributed by atoms with Gasteiger partial charge in [0, 0.05) is 13.1 Å². The monoisotopic (exact) mass is 298 g/mol. The van der Waals surface area contributed by atoms with Crippen molar-refractivity contribution in [2.75, 3.05) is 32.7 Å². The third kappa shape index (κ3) is 13.9. The highest BCUT2D eigenvalue weighted by atomic mass is 15.1. The second-order valence-electron chi connectivity index (χ2n) is 5.70. The molecule has 126 valence electrons. The van der Waals surface area contributed by atoms with Crippen LogP contribution in [0.2, 0.25) is 0 Å². The van der Waals surface area contributed by atoms with E-state index >= 15 is 0 Å². The Hall–Kier alpha value is -0.770. The Kier molecular flexibility index (Phi) is 15.0. The lowest BCUT2D eigenvalue weighted by molar-refractivity contribution is 0.297. The molecule has 0 bridgehead atoms. The van der Waals surface area contributed by atoms with Crippen LogP contribution in [0.3, 0.4) is 0 Å². The van der Waals surface area contributed by atoms with Crippen molar-refractivity contribution in [2.24, 2.45) is 10.7 Å². The molecule has 0 amide bonds. The van der Waals surface area contributed by atoms with Crippen molar-refractivity contribution in [3.05, 3.63) is 0 Å². The van der Waals surface area contributed by atoms with Crippen molar-refractivity contribution in [3.63, 3.8) is 0 Å². The van der Waals surface area contributed by atoms with Gasteiger partial charge in [0.25, 0.3) is 0 Å². The average molecular weight is 299 g/mol.